The summed E-state index contributed by atoms with van der Waals surface area (Å²) in [5.74, 6) is 0. The third-order valence-corrected chi connectivity index (χ3v) is 4.86. The summed E-state index contributed by atoms with van der Waals surface area (Å²) in [5, 5.41) is 0. The summed E-state index contributed by atoms with van der Waals surface area (Å²) >= 11 is 0. The van der Waals surface area contributed by atoms with E-state index in [0.29, 0.717) is 0 Å². The van der Waals surface area contributed by atoms with Crippen LogP contribution in [0.4, 0.5) is 0 Å². The molecule has 0 saturated carbocycles. The Hall–Kier alpha value is -0.320. The van der Waals surface area contributed by atoms with Crippen LogP contribution >= 0.6 is 0 Å². The standard InChI is InChI=1S/C19H48N8/c20-6-1-11-25(12-2-7-21)16-18-27(15-5-10-24)19-17-26(13-3-8-22)14-4-9-23/h1-24H2. The van der Waals surface area contributed by atoms with Gasteiger partial charge in [0.1, 0.15) is 0 Å². The maximum absolute atomic E-state index is 5.75. The molecule has 8 heteroatoms. The lowest BCUT2D eigenvalue weighted by atomic mass is 10.3. The van der Waals surface area contributed by atoms with Gasteiger partial charge in [0.05, 0.1) is 0 Å². The molecule has 27 heavy (non-hydrogen) atoms. The molecular weight excluding hydrogens is 340 g/mol. The molecule has 0 heterocycles. The number of nitrogens with zero attached hydrogens (tertiary/aromatic N) is 3. The van der Waals surface area contributed by atoms with Crippen molar-refractivity contribution in [3.05, 3.63) is 0 Å². The van der Waals surface area contributed by atoms with Gasteiger partial charge in [-0.3, -0.25) is 0 Å². The molecule has 0 aromatic heterocycles. The average molecular weight is 389 g/mol. The lowest BCUT2D eigenvalue weighted by Crippen LogP contribution is -2.42. The fourth-order valence-corrected chi connectivity index (χ4v) is 3.15. The van der Waals surface area contributed by atoms with E-state index in [-0.39, 0.29) is 0 Å². The van der Waals surface area contributed by atoms with E-state index in [2.05, 4.69) is 14.7 Å². The first kappa shape index (κ1) is 26.7. The maximum Gasteiger partial charge on any atom is 0.0110 e. The van der Waals surface area contributed by atoms with Gasteiger partial charge >= 0.3 is 0 Å². The molecule has 0 spiro atoms. The molecule has 0 atom stereocenters. The van der Waals surface area contributed by atoms with Gasteiger partial charge in [0.25, 0.3) is 0 Å². The molecule has 0 aliphatic carbocycles. The number of hydrogen-bond acceptors (Lipinski definition) is 8. The van der Waals surface area contributed by atoms with Crippen molar-refractivity contribution in [2.24, 2.45) is 28.7 Å². The van der Waals surface area contributed by atoms with Crippen LogP contribution in [0.2, 0.25) is 0 Å². The Bertz CT molecular complexity index is 253. The highest BCUT2D eigenvalue weighted by molar-refractivity contribution is 4.68. The quantitative estimate of drug-likeness (QED) is 0.162. The van der Waals surface area contributed by atoms with E-state index in [1.54, 1.807) is 0 Å². The summed E-state index contributed by atoms with van der Waals surface area (Å²) in [5.41, 5.74) is 28.5. The second-order valence-corrected chi connectivity index (χ2v) is 7.24. The Morgan fingerprint density at radius 2 is 0.481 bits per heavy atom. The largest absolute Gasteiger partial charge is 0.330 e. The van der Waals surface area contributed by atoms with Crippen LogP contribution in [0.1, 0.15) is 32.1 Å². The van der Waals surface area contributed by atoms with Gasteiger partial charge in [0.15, 0.2) is 0 Å². The van der Waals surface area contributed by atoms with Crippen molar-refractivity contribution in [3.63, 3.8) is 0 Å². The number of rotatable bonds is 21. The molecule has 0 aliphatic heterocycles. The molecule has 10 N–H and O–H groups in total. The number of nitrogens with two attached hydrogens (primary N) is 5. The fraction of sp³-hybridized carbons (Fsp3) is 1.00. The first-order valence-corrected chi connectivity index (χ1v) is 10.9. The first-order chi connectivity index (χ1) is 13.2. The first-order valence-electron chi connectivity index (χ1n) is 10.9. The highest BCUT2D eigenvalue weighted by atomic mass is 15.2. The molecule has 0 unspecified atom stereocenters. The predicted octanol–water partition coefficient (Wildman–Crippen LogP) is -1.36. The molecule has 0 aromatic rings. The molecule has 0 bridgehead atoms. The number of hydrogen-bond donors (Lipinski definition) is 5. The summed E-state index contributed by atoms with van der Waals surface area (Å²) < 4.78 is 0. The van der Waals surface area contributed by atoms with Crippen molar-refractivity contribution < 1.29 is 0 Å². The lowest BCUT2D eigenvalue weighted by Gasteiger charge is -2.30. The van der Waals surface area contributed by atoms with Crippen LogP contribution in [-0.4, -0.2) is 106 Å². The Morgan fingerprint density at radius 3 is 0.667 bits per heavy atom. The van der Waals surface area contributed by atoms with Gasteiger partial charge in [-0.25, -0.2) is 0 Å². The molecule has 0 rings (SSSR count). The minimum absolute atomic E-state index is 0.741. The van der Waals surface area contributed by atoms with E-state index >= 15 is 0 Å². The van der Waals surface area contributed by atoms with Gasteiger partial charge in [0.2, 0.25) is 0 Å². The van der Waals surface area contributed by atoms with Crippen LogP contribution < -0.4 is 28.7 Å². The topological polar surface area (TPSA) is 140 Å². The van der Waals surface area contributed by atoms with Gasteiger partial charge in [-0.2, -0.15) is 0 Å². The van der Waals surface area contributed by atoms with Gasteiger partial charge in [-0.05, 0) is 97.6 Å². The van der Waals surface area contributed by atoms with Crippen LogP contribution in [0.3, 0.4) is 0 Å². The van der Waals surface area contributed by atoms with Crippen molar-refractivity contribution in [1.29, 1.82) is 0 Å². The van der Waals surface area contributed by atoms with Crippen molar-refractivity contribution >= 4 is 0 Å². The summed E-state index contributed by atoms with van der Waals surface area (Å²) in [6.45, 7) is 13.3. The van der Waals surface area contributed by atoms with Crippen LogP contribution in [0.15, 0.2) is 0 Å². The third kappa shape index (κ3) is 16.3. The Morgan fingerprint density at radius 1 is 0.296 bits per heavy atom. The molecule has 0 radical (unpaired) electrons. The van der Waals surface area contributed by atoms with Crippen molar-refractivity contribution in [1.82, 2.24) is 14.7 Å². The minimum Gasteiger partial charge on any atom is -0.330 e. The monoisotopic (exact) mass is 388 g/mol. The zero-order chi connectivity index (χ0) is 20.2. The summed E-state index contributed by atoms with van der Waals surface area (Å²) in [7, 11) is 0. The van der Waals surface area contributed by atoms with E-state index in [9.17, 15) is 0 Å². The zero-order valence-electron chi connectivity index (χ0n) is 17.7. The molecule has 0 amide bonds. The van der Waals surface area contributed by atoms with E-state index in [0.717, 1.165) is 124 Å². The van der Waals surface area contributed by atoms with Gasteiger partial charge in [-0.15, -0.1) is 0 Å². The predicted molar refractivity (Wildman–Crippen MR) is 118 cm³/mol. The second kappa shape index (κ2) is 20.4. The molecule has 164 valence electrons. The summed E-state index contributed by atoms with van der Waals surface area (Å²) in [6, 6.07) is 0. The van der Waals surface area contributed by atoms with Crippen LogP contribution in [0, 0.1) is 0 Å². The summed E-state index contributed by atoms with van der Waals surface area (Å²) in [6.07, 6.45) is 5.20. The Balaban J connectivity index is 4.49. The van der Waals surface area contributed by atoms with Crippen LogP contribution in [0.5, 0.6) is 0 Å². The lowest BCUT2D eigenvalue weighted by molar-refractivity contribution is 0.172. The zero-order valence-corrected chi connectivity index (χ0v) is 17.7. The van der Waals surface area contributed by atoms with Crippen molar-refractivity contribution in [2.45, 2.75) is 32.1 Å². The molecule has 0 aliphatic rings. The third-order valence-electron chi connectivity index (χ3n) is 4.86. The summed E-state index contributed by atoms with van der Waals surface area (Å²) in [4.78, 5) is 7.54. The van der Waals surface area contributed by atoms with E-state index in [1.165, 1.54) is 0 Å². The van der Waals surface area contributed by atoms with Gasteiger partial charge in [0, 0.05) is 26.2 Å². The van der Waals surface area contributed by atoms with E-state index in [4.69, 9.17) is 28.7 Å². The second-order valence-electron chi connectivity index (χ2n) is 7.24. The molecule has 0 aromatic carbocycles. The normalized spacial score (nSPS) is 12.0. The highest BCUT2D eigenvalue weighted by Gasteiger charge is 2.11. The van der Waals surface area contributed by atoms with E-state index < -0.39 is 0 Å². The van der Waals surface area contributed by atoms with E-state index in [1.807, 2.05) is 0 Å². The van der Waals surface area contributed by atoms with Crippen molar-refractivity contribution in [3.8, 4) is 0 Å². The Labute approximate surface area is 167 Å². The van der Waals surface area contributed by atoms with Gasteiger partial charge < -0.3 is 43.4 Å². The fourth-order valence-electron chi connectivity index (χ4n) is 3.15. The molecule has 0 fully saturated rings. The molecule has 8 nitrogen and oxygen atoms in total. The highest BCUT2D eigenvalue weighted by Crippen LogP contribution is 2.00. The van der Waals surface area contributed by atoms with Crippen LogP contribution in [0.25, 0.3) is 0 Å². The average Bonchev–Trinajstić information content (AvgIpc) is 2.69. The maximum atomic E-state index is 5.75. The molecule has 0 saturated heterocycles. The SMILES string of the molecule is NCCCN(CCCN)CCN(CCCN)CCN(CCCN)CCCN. The molecular formula is C19H48N8. The Kier molecular flexibility index (Phi) is 20.2. The smallest absolute Gasteiger partial charge is 0.0110 e. The minimum atomic E-state index is 0.741. The van der Waals surface area contributed by atoms with Gasteiger partial charge in [-0.1, -0.05) is 0 Å². The van der Waals surface area contributed by atoms with Crippen LogP contribution in [-0.2, 0) is 0 Å². The van der Waals surface area contributed by atoms with Crippen molar-refractivity contribution in [2.75, 3.05) is 91.6 Å².